The van der Waals surface area contributed by atoms with E-state index in [4.69, 9.17) is 14.2 Å². The van der Waals surface area contributed by atoms with Crippen LogP contribution in [-0.2, 0) is 28.6 Å². The highest BCUT2D eigenvalue weighted by molar-refractivity contribution is 5.87. The third kappa shape index (κ3) is 4.61. The summed E-state index contributed by atoms with van der Waals surface area (Å²) in [5.41, 5.74) is -1.37. The zero-order valence-electron chi connectivity index (χ0n) is 15.7. The SMILES string of the molecule is C=C(C)C(=O)OC(C)(C)CC(C)(C)C(=O)OC1CCC2CC1OC2=O. The summed E-state index contributed by atoms with van der Waals surface area (Å²) in [6.07, 6.45) is 1.53. The van der Waals surface area contributed by atoms with E-state index < -0.39 is 23.1 Å². The predicted molar refractivity (Wildman–Crippen MR) is 90.5 cm³/mol. The van der Waals surface area contributed by atoms with Gasteiger partial charge in [-0.05, 0) is 47.5 Å². The second-order valence-corrected chi connectivity index (χ2v) is 8.42. The van der Waals surface area contributed by atoms with Crippen molar-refractivity contribution < 1.29 is 28.6 Å². The Morgan fingerprint density at radius 3 is 2.48 bits per heavy atom. The molecule has 0 N–H and O–H groups in total. The lowest BCUT2D eigenvalue weighted by molar-refractivity contribution is -0.175. The molecule has 0 spiro atoms. The van der Waals surface area contributed by atoms with Gasteiger partial charge >= 0.3 is 17.9 Å². The van der Waals surface area contributed by atoms with Crippen LogP contribution in [0, 0.1) is 11.3 Å². The van der Waals surface area contributed by atoms with Gasteiger partial charge in [-0.25, -0.2) is 4.79 Å². The van der Waals surface area contributed by atoms with E-state index in [-0.39, 0.29) is 24.0 Å². The number of carbonyl (C=O) groups is 3. The monoisotopic (exact) mass is 352 g/mol. The molecule has 2 bridgehead atoms. The molecule has 2 fully saturated rings. The second-order valence-electron chi connectivity index (χ2n) is 8.42. The standard InChI is InChI=1S/C19H28O6/c1-11(2)15(20)25-19(5,6)10-18(3,4)17(22)24-13-8-7-12-9-14(13)23-16(12)21/h12-14H,1,7-10H2,2-6H3. The van der Waals surface area contributed by atoms with Gasteiger partial charge in [0.2, 0.25) is 0 Å². The Kier molecular flexibility index (Phi) is 5.30. The molecule has 0 aromatic rings. The first-order chi connectivity index (χ1) is 11.4. The van der Waals surface area contributed by atoms with E-state index in [9.17, 15) is 14.4 Å². The van der Waals surface area contributed by atoms with Crippen molar-refractivity contribution in [1.82, 2.24) is 0 Å². The topological polar surface area (TPSA) is 78.9 Å². The molecule has 2 rings (SSSR count). The average Bonchev–Trinajstić information content (AvgIpc) is 2.75. The lowest BCUT2D eigenvalue weighted by Gasteiger charge is -2.35. The first-order valence-corrected chi connectivity index (χ1v) is 8.72. The minimum absolute atomic E-state index is 0.0477. The molecule has 0 amide bonds. The van der Waals surface area contributed by atoms with Crippen molar-refractivity contribution in [3.63, 3.8) is 0 Å². The first-order valence-electron chi connectivity index (χ1n) is 8.72. The van der Waals surface area contributed by atoms with Gasteiger partial charge in [-0.1, -0.05) is 6.58 Å². The molecule has 1 aliphatic heterocycles. The lowest BCUT2D eigenvalue weighted by Crippen LogP contribution is -2.42. The molecule has 1 saturated carbocycles. The van der Waals surface area contributed by atoms with E-state index in [0.717, 1.165) is 0 Å². The zero-order valence-corrected chi connectivity index (χ0v) is 15.7. The Balaban J connectivity index is 1.96. The largest absolute Gasteiger partial charge is 0.458 e. The second kappa shape index (κ2) is 6.81. The fourth-order valence-corrected chi connectivity index (χ4v) is 3.63. The summed E-state index contributed by atoms with van der Waals surface area (Å²) in [6, 6.07) is 0. The fourth-order valence-electron chi connectivity index (χ4n) is 3.63. The number of carbonyl (C=O) groups excluding carboxylic acids is 3. The molecule has 25 heavy (non-hydrogen) atoms. The van der Waals surface area contributed by atoms with Crippen molar-refractivity contribution >= 4 is 17.9 Å². The Labute approximate surface area is 148 Å². The van der Waals surface area contributed by atoms with Crippen molar-refractivity contribution in [3.8, 4) is 0 Å². The van der Waals surface area contributed by atoms with Gasteiger partial charge in [-0.3, -0.25) is 9.59 Å². The van der Waals surface area contributed by atoms with Crippen LogP contribution in [0.25, 0.3) is 0 Å². The Hall–Kier alpha value is -1.85. The summed E-state index contributed by atoms with van der Waals surface area (Å²) in [4.78, 5) is 36.0. The summed E-state index contributed by atoms with van der Waals surface area (Å²) in [5, 5.41) is 0. The summed E-state index contributed by atoms with van der Waals surface area (Å²) in [5.74, 6) is -1.09. The fraction of sp³-hybridized carbons (Fsp3) is 0.737. The number of hydrogen-bond acceptors (Lipinski definition) is 6. The zero-order chi connectivity index (χ0) is 19.0. The van der Waals surface area contributed by atoms with E-state index in [1.54, 1.807) is 34.6 Å². The van der Waals surface area contributed by atoms with Gasteiger partial charge in [0.1, 0.15) is 17.8 Å². The molecule has 1 heterocycles. The quantitative estimate of drug-likeness (QED) is 0.415. The smallest absolute Gasteiger partial charge is 0.333 e. The molecular formula is C19H28O6. The molecule has 6 heteroatoms. The maximum Gasteiger partial charge on any atom is 0.333 e. The maximum absolute atomic E-state index is 12.7. The first kappa shape index (κ1) is 19.5. The van der Waals surface area contributed by atoms with E-state index in [0.29, 0.717) is 31.3 Å². The van der Waals surface area contributed by atoms with Crippen molar-refractivity contribution in [2.75, 3.05) is 0 Å². The van der Waals surface area contributed by atoms with Crippen LogP contribution in [0.2, 0.25) is 0 Å². The van der Waals surface area contributed by atoms with Gasteiger partial charge in [0.05, 0.1) is 11.3 Å². The van der Waals surface area contributed by atoms with Crippen molar-refractivity contribution in [3.05, 3.63) is 12.2 Å². The van der Waals surface area contributed by atoms with E-state index in [2.05, 4.69) is 6.58 Å². The number of fused-ring (bicyclic) bond motifs is 2. The molecule has 6 nitrogen and oxygen atoms in total. The molecule has 0 aromatic carbocycles. The molecular weight excluding hydrogens is 324 g/mol. The van der Waals surface area contributed by atoms with Crippen LogP contribution in [-0.4, -0.2) is 35.7 Å². The molecule has 0 aromatic heterocycles. The summed E-state index contributed by atoms with van der Waals surface area (Å²) >= 11 is 0. The molecule has 0 radical (unpaired) electrons. The molecule has 140 valence electrons. The number of ether oxygens (including phenoxy) is 3. The van der Waals surface area contributed by atoms with Crippen LogP contribution in [0.4, 0.5) is 0 Å². The summed E-state index contributed by atoms with van der Waals surface area (Å²) in [7, 11) is 0. The molecule has 3 unspecified atom stereocenters. The normalized spacial score (nSPS) is 26.0. The molecule has 1 saturated heterocycles. The molecule has 1 aliphatic carbocycles. The van der Waals surface area contributed by atoms with Crippen LogP contribution in [0.1, 0.15) is 60.3 Å². The molecule has 3 atom stereocenters. The van der Waals surface area contributed by atoms with Crippen LogP contribution in [0.3, 0.4) is 0 Å². The average molecular weight is 352 g/mol. The third-order valence-electron chi connectivity index (χ3n) is 4.73. The van der Waals surface area contributed by atoms with Gasteiger partial charge in [0.15, 0.2) is 0 Å². The highest BCUT2D eigenvalue weighted by Crippen LogP contribution is 2.38. The van der Waals surface area contributed by atoms with Gasteiger partial charge in [0.25, 0.3) is 0 Å². The summed E-state index contributed by atoms with van der Waals surface area (Å²) in [6.45, 7) is 12.2. The van der Waals surface area contributed by atoms with E-state index in [1.807, 2.05) is 0 Å². The highest BCUT2D eigenvalue weighted by atomic mass is 16.6. The van der Waals surface area contributed by atoms with E-state index in [1.165, 1.54) is 0 Å². The van der Waals surface area contributed by atoms with Crippen molar-refractivity contribution in [2.45, 2.75) is 78.1 Å². The van der Waals surface area contributed by atoms with Crippen LogP contribution >= 0.6 is 0 Å². The van der Waals surface area contributed by atoms with Gasteiger partial charge in [-0.2, -0.15) is 0 Å². The minimum atomic E-state index is -0.849. The van der Waals surface area contributed by atoms with Crippen LogP contribution in [0.15, 0.2) is 12.2 Å². The maximum atomic E-state index is 12.7. The number of esters is 3. The Morgan fingerprint density at radius 1 is 1.24 bits per heavy atom. The molecule has 2 aliphatic rings. The van der Waals surface area contributed by atoms with Crippen LogP contribution in [0.5, 0.6) is 0 Å². The van der Waals surface area contributed by atoms with Crippen molar-refractivity contribution in [2.24, 2.45) is 11.3 Å². The highest BCUT2D eigenvalue weighted by Gasteiger charge is 2.47. The predicted octanol–water partition coefficient (Wildman–Crippen LogP) is 2.94. The Bertz CT molecular complexity index is 589. The summed E-state index contributed by atoms with van der Waals surface area (Å²) < 4.78 is 16.4. The van der Waals surface area contributed by atoms with Gasteiger partial charge < -0.3 is 14.2 Å². The lowest BCUT2D eigenvalue weighted by atomic mass is 9.81. The Morgan fingerprint density at radius 2 is 1.88 bits per heavy atom. The number of hydrogen-bond donors (Lipinski definition) is 0. The van der Waals surface area contributed by atoms with Gasteiger partial charge in [0, 0.05) is 18.4 Å². The van der Waals surface area contributed by atoms with E-state index >= 15 is 0 Å². The van der Waals surface area contributed by atoms with Gasteiger partial charge in [-0.15, -0.1) is 0 Å². The van der Waals surface area contributed by atoms with Crippen LogP contribution < -0.4 is 0 Å². The van der Waals surface area contributed by atoms with Crippen molar-refractivity contribution in [1.29, 1.82) is 0 Å². The minimum Gasteiger partial charge on any atom is -0.458 e. The number of rotatable bonds is 6. The third-order valence-corrected chi connectivity index (χ3v) is 4.73.